The molecule has 1 aliphatic heterocycles. The van der Waals surface area contributed by atoms with Crippen LogP contribution in [-0.2, 0) is 14.4 Å². The van der Waals surface area contributed by atoms with E-state index in [0.29, 0.717) is 12.8 Å². The first-order valence-corrected chi connectivity index (χ1v) is 6.14. The molecule has 0 radical (unpaired) electrons. The highest BCUT2D eigenvalue weighted by atomic mass is 16.4. The Balaban J connectivity index is 2.15. The number of amides is 2. The monoisotopic (exact) mass is 251 g/mol. The molecule has 1 saturated heterocycles. The number of imide groups is 1. The summed E-state index contributed by atoms with van der Waals surface area (Å²) in [6, 6.07) is 0. The average Bonchev–Trinajstić information content (AvgIpc) is 2.51. The largest absolute Gasteiger partial charge is 0.481 e. The van der Waals surface area contributed by atoms with Crippen molar-refractivity contribution < 1.29 is 19.5 Å². The van der Waals surface area contributed by atoms with Gasteiger partial charge in [-0.3, -0.25) is 19.3 Å². The van der Waals surface area contributed by atoms with E-state index in [1.165, 1.54) is 11.1 Å². The molecular weight excluding hydrogens is 234 g/mol. The first-order valence-electron chi connectivity index (χ1n) is 6.14. The predicted molar refractivity (Wildman–Crippen MR) is 63.6 cm³/mol. The van der Waals surface area contributed by atoms with Crippen LogP contribution in [0.25, 0.3) is 0 Å². The van der Waals surface area contributed by atoms with Crippen molar-refractivity contribution >= 4 is 17.8 Å². The van der Waals surface area contributed by atoms with Gasteiger partial charge in [0.15, 0.2) is 0 Å². The van der Waals surface area contributed by atoms with Crippen molar-refractivity contribution in [1.29, 1.82) is 0 Å². The van der Waals surface area contributed by atoms with Crippen molar-refractivity contribution in [3.8, 4) is 0 Å². The van der Waals surface area contributed by atoms with Gasteiger partial charge in [-0.2, -0.15) is 0 Å². The Morgan fingerprint density at radius 2 is 1.61 bits per heavy atom. The van der Waals surface area contributed by atoms with Crippen molar-refractivity contribution in [2.45, 2.75) is 33.1 Å². The minimum atomic E-state index is -0.990. The van der Waals surface area contributed by atoms with Gasteiger partial charge in [-0.1, -0.05) is 11.1 Å². The standard InChI is InChI=1S/C13H17NO4/c1-7-5-9-10(6-8(7)2)13(18)14(12(9)17)4-3-11(15)16/h9-10H,3-6H2,1-2H3,(H,15,16). The summed E-state index contributed by atoms with van der Waals surface area (Å²) >= 11 is 0. The number of aliphatic carboxylic acids is 1. The zero-order chi connectivity index (χ0) is 13.4. The lowest BCUT2D eigenvalue weighted by Crippen LogP contribution is -2.33. The predicted octanol–water partition coefficient (Wildman–Crippen LogP) is 1.19. The highest BCUT2D eigenvalue weighted by molar-refractivity contribution is 6.05. The Labute approximate surface area is 105 Å². The number of nitrogens with zero attached hydrogens (tertiary/aromatic N) is 1. The van der Waals surface area contributed by atoms with E-state index in [4.69, 9.17) is 5.11 Å². The maximum Gasteiger partial charge on any atom is 0.305 e. The number of hydrogen-bond donors (Lipinski definition) is 1. The smallest absolute Gasteiger partial charge is 0.305 e. The van der Waals surface area contributed by atoms with Crippen LogP contribution in [0.5, 0.6) is 0 Å². The van der Waals surface area contributed by atoms with E-state index in [9.17, 15) is 14.4 Å². The molecule has 0 spiro atoms. The van der Waals surface area contributed by atoms with E-state index < -0.39 is 5.97 Å². The van der Waals surface area contributed by atoms with Crippen molar-refractivity contribution in [1.82, 2.24) is 4.90 Å². The van der Waals surface area contributed by atoms with Crippen molar-refractivity contribution in [2.75, 3.05) is 6.54 Å². The summed E-state index contributed by atoms with van der Waals surface area (Å²) in [7, 11) is 0. The summed E-state index contributed by atoms with van der Waals surface area (Å²) in [6.07, 6.45) is 1.08. The van der Waals surface area contributed by atoms with Crippen LogP contribution in [0, 0.1) is 11.8 Å². The van der Waals surface area contributed by atoms with Gasteiger partial charge in [0.25, 0.3) is 0 Å². The van der Waals surface area contributed by atoms with Gasteiger partial charge in [-0.15, -0.1) is 0 Å². The molecule has 5 heteroatoms. The van der Waals surface area contributed by atoms with Gasteiger partial charge in [0.2, 0.25) is 11.8 Å². The number of allylic oxidation sites excluding steroid dienone is 2. The van der Waals surface area contributed by atoms with Gasteiger partial charge in [0.05, 0.1) is 18.3 Å². The van der Waals surface area contributed by atoms with E-state index in [1.54, 1.807) is 0 Å². The van der Waals surface area contributed by atoms with Gasteiger partial charge >= 0.3 is 5.97 Å². The minimum Gasteiger partial charge on any atom is -0.481 e. The van der Waals surface area contributed by atoms with Gasteiger partial charge in [0.1, 0.15) is 0 Å². The second kappa shape index (κ2) is 4.55. The zero-order valence-electron chi connectivity index (χ0n) is 10.6. The number of carbonyl (C=O) groups excluding carboxylic acids is 2. The number of rotatable bonds is 3. The van der Waals surface area contributed by atoms with Crippen molar-refractivity contribution in [2.24, 2.45) is 11.8 Å². The molecule has 0 aromatic heterocycles. The molecule has 0 aromatic rings. The highest BCUT2D eigenvalue weighted by Crippen LogP contribution is 2.40. The van der Waals surface area contributed by atoms with Crippen LogP contribution in [0.4, 0.5) is 0 Å². The molecule has 2 unspecified atom stereocenters. The third-order valence-electron chi connectivity index (χ3n) is 3.98. The van der Waals surface area contributed by atoms with E-state index in [2.05, 4.69) is 0 Å². The number of fused-ring (bicyclic) bond motifs is 1. The summed E-state index contributed by atoms with van der Waals surface area (Å²) in [5.74, 6) is -1.92. The van der Waals surface area contributed by atoms with E-state index in [1.807, 2.05) is 13.8 Å². The maximum atomic E-state index is 12.1. The van der Waals surface area contributed by atoms with Gasteiger partial charge in [0, 0.05) is 6.54 Å². The van der Waals surface area contributed by atoms with Crippen LogP contribution in [-0.4, -0.2) is 34.3 Å². The summed E-state index contributed by atoms with van der Waals surface area (Å²) in [5.41, 5.74) is 2.36. The molecule has 2 rings (SSSR count). The number of hydrogen-bond acceptors (Lipinski definition) is 3. The third kappa shape index (κ3) is 2.05. The van der Waals surface area contributed by atoms with Crippen LogP contribution >= 0.6 is 0 Å². The Bertz CT molecular complexity index is 420. The van der Waals surface area contributed by atoms with Crippen LogP contribution < -0.4 is 0 Å². The first-order chi connectivity index (χ1) is 8.41. The third-order valence-corrected chi connectivity index (χ3v) is 3.98. The van der Waals surface area contributed by atoms with Gasteiger partial charge in [-0.05, 0) is 26.7 Å². The average molecular weight is 251 g/mol. The maximum absolute atomic E-state index is 12.1. The van der Waals surface area contributed by atoms with Crippen LogP contribution in [0.3, 0.4) is 0 Å². The lowest BCUT2D eigenvalue weighted by Gasteiger charge is -2.23. The van der Waals surface area contributed by atoms with Gasteiger partial charge < -0.3 is 5.11 Å². The zero-order valence-corrected chi connectivity index (χ0v) is 10.6. The molecule has 0 bridgehead atoms. The van der Waals surface area contributed by atoms with Crippen molar-refractivity contribution in [3.05, 3.63) is 11.1 Å². The number of carboxylic acids is 1. The second-order valence-electron chi connectivity index (χ2n) is 5.15. The van der Waals surface area contributed by atoms with Crippen molar-refractivity contribution in [3.63, 3.8) is 0 Å². The van der Waals surface area contributed by atoms with E-state index in [-0.39, 0.29) is 36.6 Å². The number of carbonyl (C=O) groups is 3. The fourth-order valence-electron chi connectivity index (χ4n) is 2.75. The molecule has 2 amide bonds. The second-order valence-corrected chi connectivity index (χ2v) is 5.15. The summed E-state index contributed by atoms with van der Waals surface area (Å²) in [6.45, 7) is 3.98. The normalized spacial score (nSPS) is 27.8. The summed E-state index contributed by atoms with van der Waals surface area (Å²) in [5, 5.41) is 8.63. The number of likely N-dealkylation sites (tertiary alicyclic amines) is 1. The van der Waals surface area contributed by atoms with Crippen LogP contribution in [0.15, 0.2) is 11.1 Å². The molecular formula is C13H17NO4. The molecule has 1 N–H and O–H groups in total. The molecule has 2 atom stereocenters. The first kappa shape index (κ1) is 12.8. The molecule has 1 fully saturated rings. The Kier molecular flexibility index (Phi) is 3.24. The SMILES string of the molecule is CC1=C(C)CC2C(=O)N(CCC(=O)O)C(=O)C2C1. The molecule has 1 aliphatic carbocycles. The van der Waals surface area contributed by atoms with E-state index in [0.717, 1.165) is 4.90 Å². The lowest BCUT2D eigenvalue weighted by atomic mass is 9.78. The highest BCUT2D eigenvalue weighted by Gasteiger charge is 2.48. The Hall–Kier alpha value is -1.65. The molecule has 2 aliphatic rings. The fraction of sp³-hybridized carbons (Fsp3) is 0.615. The fourth-order valence-corrected chi connectivity index (χ4v) is 2.75. The molecule has 18 heavy (non-hydrogen) atoms. The van der Waals surface area contributed by atoms with Crippen LogP contribution in [0.1, 0.15) is 33.1 Å². The molecule has 5 nitrogen and oxygen atoms in total. The lowest BCUT2D eigenvalue weighted by molar-refractivity contribution is -0.142. The molecule has 1 heterocycles. The molecule has 0 aromatic carbocycles. The van der Waals surface area contributed by atoms with Gasteiger partial charge in [-0.25, -0.2) is 0 Å². The molecule has 98 valence electrons. The number of carboxylic acid groups (broad SMARTS) is 1. The quantitative estimate of drug-likeness (QED) is 0.604. The topological polar surface area (TPSA) is 74.7 Å². The summed E-state index contributed by atoms with van der Waals surface area (Å²) in [4.78, 5) is 35.9. The molecule has 0 saturated carbocycles. The van der Waals surface area contributed by atoms with Crippen LogP contribution in [0.2, 0.25) is 0 Å². The minimum absolute atomic E-state index is 0.00189. The Morgan fingerprint density at radius 3 is 2.00 bits per heavy atom. The Morgan fingerprint density at radius 1 is 1.17 bits per heavy atom. The van der Waals surface area contributed by atoms with E-state index >= 15 is 0 Å². The summed E-state index contributed by atoms with van der Waals surface area (Å²) < 4.78 is 0.